The summed E-state index contributed by atoms with van der Waals surface area (Å²) in [5.74, 6) is -0.956. The van der Waals surface area contributed by atoms with E-state index in [2.05, 4.69) is 15.6 Å². The first-order valence-electron chi connectivity index (χ1n) is 10.2. The number of rotatable bonds is 8. The molecule has 0 unspecified atom stereocenters. The van der Waals surface area contributed by atoms with Crippen molar-refractivity contribution in [1.82, 2.24) is 15.6 Å². The van der Waals surface area contributed by atoms with Gasteiger partial charge in [0.25, 0.3) is 11.8 Å². The van der Waals surface area contributed by atoms with E-state index in [0.717, 1.165) is 25.7 Å². The Bertz CT molecular complexity index is 1060. The van der Waals surface area contributed by atoms with E-state index in [4.69, 9.17) is 9.47 Å². The Balaban J connectivity index is 1.69. The topological polar surface area (TPSA) is 123 Å². The number of hydrazine groups is 1. The molecule has 0 fully saturated rings. The molecular formula is C21H27N3O6S2. The number of ether oxygens (including phenoxy) is 2. The van der Waals surface area contributed by atoms with Gasteiger partial charge in [-0.1, -0.05) is 6.42 Å². The number of benzene rings is 1. The van der Waals surface area contributed by atoms with E-state index in [0.29, 0.717) is 4.88 Å². The monoisotopic (exact) mass is 481 g/mol. The number of amides is 2. The van der Waals surface area contributed by atoms with E-state index in [1.165, 1.54) is 60.6 Å². The number of sulfonamides is 1. The minimum absolute atomic E-state index is 0.0557. The van der Waals surface area contributed by atoms with Gasteiger partial charge in [-0.15, -0.1) is 11.3 Å². The number of fused-ring (bicyclic) bond motifs is 1. The first-order chi connectivity index (χ1) is 15.4. The van der Waals surface area contributed by atoms with Crippen LogP contribution in [-0.2, 0) is 27.6 Å². The Morgan fingerprint density at radius 3 is 2.53 bits per heavy atom. The molecule has 1 aromatic heterocycles. The number of carbonyl (C=O) groups is 2. The molecule has 32 heavy (non-hydrogen) atoms. The lowest BCUT2D eigenvalue weighted by molar-refractivity contribution is 0.0848. The largest absolute Gasteiger partial charge is 0.495 e. The molecule has 0 atom stereocenters. The summed E-state index contributed by atoms with van der Waals surface area (Å²) in [6.07, 6.45) is 5.37. The fourth-order valence-electron chi connectivity index (χ4n) is 3.41. The van der Waals surface area contributed by atoms with Crippen molar-refractivity contribution in [3.05, 3.63) is 45.1 Å². The molecule has 174 valence electrons. The normalized spacial score (nSPS) is 13.7. The molecule has 3 rings (SSSR count). The van der Waals surface area contributed by atoms with Gasteiger partial charge in [-0.05, 0) is 55.5 Å². The van der Waals surface area contributed by atoms with Crippen LogP contribution in [0.2, 0.25) is 0 Å². The Morgan fingerprint density at radius 2 is 1.78 bits per heavy atom. The van der Waals surface area contributed by atoms with Gasteiger partial charge in [-0.3, -0.25) is 20.4 Å². The van der Waals surface area contributed by atoms with Crippen LogP contribution in [0.25, 0.3) is 0 Å². The molecule has 1 aromatic carbocycles. The second-order valence-corrected chi connectivity index (χ2v) is 10.2. The maximum Gasteiger partial charge on any atom is 0.279 e. The molecule has 0 saturated carbocycles. The Hall–Kier alpha value is -2.47. The average Bonchev–Trinajstić information content (AvgIpc) is 3.07. The fourth-order valence-corrected chi connectivity index (χ4v) is 5.77. The Labute approximate surface area is 191 Å². The van der Waals surface area contributed by atoms with E-state index in [1.807, 2.05) is 6.07 Å². The van der Waals surface area contributed by atoms with Crippen molar-refractivity contribution in [2.75, 3.05) is 27.4 Å². The maximum atomic E-state index is 12.6. The molecule has 1 aliphatic rings. The minimum Gasteiger partial charge on any atom is -0.495 e. The highest BCUT2D eigenvalue weighted by Gasteiger charge is 2.22. The number of thiophene rings is 1. The summed E-state index contributed by atoms with van der Waals surface area (Å²) in [7, 11) is -1.13. The Kier molecular flexibility index (Phi) is 8.24. The van der Waals surface area contributed by atoms with Gasteiger partial charge in [-0.25, -0.2) is 13.1 Å². The molecule has 11 heteroatoms. The highest BCUT2D eigenvalue weighted by atomic mass is 32.2. The minimum atomic E-state index is -3.93. The molecule has 0 radical (unpaired) electrons. The number of carbonyl (C=O) groups excluding carboxylic acids is 2. The first kappa shape index (κ1) is 24.2. The van der Waals surface area contributed by atoms with Gasteiger partial charge in [0.05, 0.1) is 18.6 Å². The van der Waals surface area contributed by atoms with E-state index < -0.39 is 21.8 Å². The van der Waals surface area contributed by atoms with Gasteiger partial charge in [0.2, 0.25) is 10.0 Å². The van der Waals surface area contributed by atoms with E-state index in [1.54, 1.807) is 0 Å². The lowest BCUT2D eigenvalue weighted by atomic mass is 10.1. The van der Waals surface area contributed by atoms with Crippen molar-refractivity contribution >= 4 is 33.2 Å². The van der Waals surface area contributed by atoms with Crippen molar-refractivity contribution in [2.24, 2.45) is 0 Å². The van der Waals surface area contributed by atoms with Gasteiger partial charge >= 0.3 is 0 Å². The number of aryl methyl sites for hydroxylation is 2. The van der Waals surface area contributed by atoms with Crippen molar-refractivity contribution in [3.8, 4) is 5.75 Å². The summed E-state index contributed by atoms with van der Waals surface area (Å²) in [5, 5.41) is 0. The fraction of sp³-hybridized carbons (Fsp3) is 0.429. The van der Waals surface area contributed by atoms with Gasteiger partial charge < -0.3 is 9.47 Å². The summed E-state index contributed by atoms with van der Waals surface area (Å²) in [4.78, 5) is 26.6. The summed E-state index contributed by atoms with van der Waals surface area (Å²) >= 11 is 1.45. The quantitative estimate of drug-likeness (QED) is 0.301. The number of hydrogen-bond acceptors (Lipinski definition) is 7. The van der Waals surface area contributed by atoms with Gasteiger partial charge in [0.1, 0.15) is 10.6 Å². The van der Waals surface area contributed by atoms with Crippen LogP contribution < -0.4 is 20.3 Å². The molecule has 1 heterocycles. The zero-order chi connectivity index (χ0) is 23.1. The van der Waals surface area contributed by atoms with Gasteiger partial charge in [0.15, 0.2) is 0 Å². The van der Waals surface area contributed by atoms with Crippen LogP contribution in [-0.4, -0.2) is 47.6 Å². The van der Waals surface area contributed by atoms with Crippen molar-refractivity contribution in [3.63, 3.8) is 0 Å². The van der Waals surface area contributed by atoms with Gasteiger partial charge in [-0.2, -0.15) is 0 Å². The maximum absolute atomic E-state index is 12.6. The predicted molar refractivity (Wildman–Crippen MR) is 121 cm³/mol. The number of hydrogen-bond donors (Lipinski definition) is 3. The Morgan fingerprint density at radius 1 is 1.03 bits per heavy atom. The first-order valence-corrected chi connectivity index (χ1v) is 12.5. The zero-order valence-electron chi connectivity index (χ0n) is 18.0. The predicted octanol–water partition coefficient (Wildman–Crippen LogP) is 2.03. The molecule has 0 saturated heterocycles. The third-order valence-electron chi connectivity index (χ3n) is 5.07. The van der Waals surface area contributed by atoms with Crippen LogP contribution in [0.5, 0.6) is 5.75 Å². The standard InChI is InChI=1S/C21H27N3O6S2/c1-29-11-10-22-32(27,28)19-13-15(8-9-16(19)30-2)20(25)23-24-21(26)18-12-14-6-4-3-5-7-17(14)31-18/h8-9,12-13,22H,3-7,10-11H2,1-2H3,(H,23,25)(H,24,26). The summed E-state index contributed by atoms with van der Waals surface area (Å²) in [6, 6.07) is 5.89. The summed E-state index contributed by atoms with van der Waals surface area (Å²) < 4.78 is 37.5. The summed E-state index contributed by atoms with van der Waals surface area (Å²) in [6.45, 7) is 0.263. The molecule has 2 aromatic rings. The molecule has 3 N–H and O–H groups in total. The third kappa shape index (κ3) is 5.85. The van der Waals surface area contributed by atoms with E-state index in [-0.39, 0.29) is 29.4 Å². The SMILES string of the molecule is COCCNS(=O)(=O)c1cc(C(=O)NNC(=O)c2cc3c(s2)CCCCC3)ccc1OC. The van der Waals surface area contributed by atoms with E-state index >= 15 is 0 Å². The lowest BCUT2D eigenvalue weighted by Gasteiger charge is -2.12. The van der Waals surface area contributed by atoms with Crippen LogP contribution in [0, 0.1) is 0 Å². The second kappa shape index (κ2) is 10.9. The van der Waals surface area contributed by atoms with Crippen molar-refractivity contribution in [2.45, 2.75) is 37.0 Å². The van der Waals surface area contributed by atoms with Crippen LogP contribution in [0.15, 0.2) is 29.2 Å². The zero-order valence-corrected chi connectivity index (χ0v) is 19.7. The smallest absolute Gasteiger partial charge is 0.279 e. The molecule has 1 aliphatic carbocycles. The number of nitrogens with one attached hydrogen (secondary N) is 3. The molecular weight excluding hydrogens is 454 g/mol. The van der Waals surface area contributed by atoms with Crippen molar-refractivity contribution < 1.29 is 27.5 Å². The van der Waals surface area contributed by atoms with Crippen LogP contribution in [0.1, 0.15) is 49.7 Å². The van der Waals surface area contributed by atoms with Crippen LogP contribution >= 0.6 is 11.3 Å². The van der Waals surface area contributed by atoms with Crippen LogP contribution in [0.4, 0.5) is 0 Å². The highest BCUT2D eigenvalue weighted by molar-refractivity contribution is 7.89. The van der Waals surface area contributed by atoms with Gasteiger partial charge in [0, 0.05) is 24.1 Å². The van der Waals surface area contributed by atoms with Crippen molar-refractivity contribution in [1.29, 1.82) is 0 Å². The molecule has 0 aliphatic heterocycles. The van der Waals surface area contributed by atoms with E-state index in [9.17, 15) is 18.0 Å². The average molecular weight is 482 g/mol. The molecule has 0 bridgehead atoms. The second-order valence-electron chi connectivity index (χ2n) is 7.28. The highest BCUT2D eigenvalue weighted by Crippen LogP contribution is 2.29. The summed E-state index contributed by atoms with van der Waals surface area (Å²) in [5.41, 5.74) is 6.02. The lowest BCUT2D eigenvalue weighted by Crippen LogP contribution is -2.41. The van der Waals surface area contributed by atoms with Crippen LogP contribution in [0.3, 0.4) is 0 Å². The third-order valence-corrected chi connectivity index (χ3v) is 7.79. The molecule has 0 spiro atoms. The molecule has 9 nitrogen and oxygen atoms in total. The molecule has 2 amide bonds. The number of methoxy groups -OCH3 is 2.